The Morgan fingerprint density at radius 1 is 0.976 bits per heavy atom. The summed E-state index contributed by atoms with van der Waals surface area (Å²) < 4.78 is 1.78. The minimum atomic E-state index is -0.872. The minimum Gasteiger partial charge on any atom is -0.385 e. The van der Waals surface area contributed by atoms with Crippen molar-refractivity contribution in [2.75, 3.05) is 49.5 Å². The van der Waals surface area contributed by atoms with Gasteiger partial charge in [0.15, 0.2) is 5.65 Å². The smallest absolute Gasteiger partial charge is 0.253 e. The van der Waals surface area contributed by atoms with Crippen molar-refractivity contribution in [3.63, 3.8) is 0 Å². The Balaban J connectivity index is 1.02. The lowest BCUT2D eigenvalue weighted by Crippen LogP contribution is -2.42. The van der Waals surface area contributed by atoms with Crippen LogP contribution in [0.5, 0.6) is 0 Å². The monoisotopic (exact) mass is 585 g/mol. The molecule has 1 amide bonds. The summed E-state index contributed by atoms with van der Waals surface area (Å²) in [6.45, 7) is 5.14. The highest BCUT2D eigenvalue weighted by atomic mass is 35.5. The molecule has 1 atom stereocenters. The predicted octanol–water partition coefficient (Wildman–Crippen LogP) is 4.83. The van der Waals surface area contributed by atoms with Gasteiger partial charge in [-0.25, -0.2) is 4.52 Å². The molecule has 3 saturated heterocycles. The van der Waals surface area contributed by atoms with E-state index in [4.69, 9.17) is 16.6 Å². The maximum Gasteiger partial charge on any atom is 0.253 e. The minimum absolute atomic E-state index is 0.101. The molecule has 42 heavy (non-hydrogen) atoms. The van der Waals surface area contributed by atoms with E-state index in [0.29, 0.717) is 42.5 Å². The molecule has 218 valence electrons. The first-order valence-corrected chi connectivity index (χ1v) is 15.2. The summed E-state index contributed by atoms with van der Waals surface area (Å²) in [5, 5.41) is 23.4. The molecule has 0 aliphatic carbocycles. The molecule has 3 aliphatic heterocycles. The largest absolute Gasteiger partial charge is 0.385 e. The number of anilines is 3. The van der Waals surface area contributed by atoms with E-state index in [-0.39, 0.29) is 11.3 Å². The predicted molar refractivity (Wildman–Crippen MR) is 165 cm³/mol. The number of piperidine rings is 2. The van der Waals surface area contributed by atoms with E-state index in [9.17, 15) is 9.90 Å². The fourth-order valence-electron chi connectivity index (χ4n) is 6.85. The van der Waals surface area contributed by atoms with Crippen molar-refractivity contribution < 1.29 is 9.90 Å². The molecule has 3 N–H and O–H groups in total. The maximum absolute atomic E-state index is 13.2. The number of rotatable bonds is 5. The first-order chi connectivity index (χ1) is 20.4. The van der Waals surface area contributed by atoms with E-state index in [0.717, 1.165) is 55.2 Å². The van der Waals surface area contributed by atoms with E-state index < -0.39 is 5.60 Å². The van der Waals surface area contributed by atoms with Crippen LogP contribution in [0.3, 0.4) is 0 Å². The number of pyridine rings is 1. The number of carbonyl (C=O) groups is 1. The van der Waals surface area contributed by atoms with Crippen LogP contribution in [0.15, 0.2) is 66.9 Å². The number of likely N-dealkylation sites (tertiary alicyclic amines) is 1. The highest BCUT2D eigenvalue weighted by molar-refractivity contribution is 6.30. The van der Waals surface area contributed by atoms with Crippen molar-refractivity contribution in [2.24, 2.45) is 5.41 Å². The number of halogens is 1. The molecule has 9 nitrogen and oxygen atoms in total. The number of nitrogens with zero attached hydrogens (tertiary/aromatic N) is 5. The summed E-state index contributed by atoms with van der Waals surface area (Å²) in [5.74, 6) is 0.589. The van der Waals surface area contributed by atoms with Gasteiger partial charge >= 0.3 is 0 Å². The number of aliphatic hydroxyl groups is 1. The van der Waals surface area contributed by atoms with Gasteiger partial charge in [0.25, 0.3) is 5.91 Å². The number of hydrogen-bond donors (Lipinski definition) is 3. The molecule has 2 aromatic carbocycles. The summed E-state index contributed by atoms with van der Waals surface area (Å²) >= 11 is 6.05. The molecule has 0 saturated carbocycles. The van der Waals surface area contributed by atoms with Crippen LogP contribution in [0, 0.1) is 5.41 Å². The highest BCUT2D eigenvalue weighted by Crippen LogP contribution is 2.38. The molecule has 10 heteroatoms. The van der Waals surface area contributed by atoms with Crippen LogP contribution in [0.1, 0.15) is 48.0 Å². The van der Waals surface area contributed by atoms with E-state index in [2.05, 4.69) is 20.6 Å². The number of carbonyl (C=O) groups excluding carboxylic acids is 1. The van der Waals surface area contributed by atoms with Crippen LogP contribution in [0.25, 0.3) is 5.65 Å². The average Bonchev–Trinajstić information content (AvgIpc) is 3.62. The van der Waals surface area contributed by atoms with Crippen molar-refractivity contribution in [3.8, 4) is 0 Å². The summed E-state index contributed by atoms with van der Waals surface area (Å²) in [6.07, 6.45) is 6.56. The third-order valence-corrected chi connectivity index (χ3v) is 9.58. The average molecular weight is 586 g/mol. The molecule has 5 heterocycles. The van der Waals surface area contributed by atoms with Gasteiger partial charge in [0.2, 0.25) is 5.95 Å². The number of benzene rings is 2. The lowest BCUT2D eigenvalue weighted by Gasteiger charge is -2.39. The van der Waals surface area contributed by atoms with E-state index in [1.165, 1.54) is 12.8 Å². The zero-order valence-corrected chi connectivity index (χ0v) is 24.4. The van der Waals surface area contributed by atoms with Crippen LogP contribution in [-0.4, -0.2) is 69.8 Å². The van der Waals surface area contributed by atoms with Gasteiger partial charge in [-0.3, -0.25) is 4.79 Å². The van der Waals surface area contributed by atoms with E-state index in [1.54, 1.807) is 4.52 Å². The SMILES string of the molecule is O=C(c1ccc(Nc2nc3c(N4CCC(O)(c5ccc(Cl)cc5)CC4)cccn3n2)cc1)N1CCC2(CCCNC2)C1. The zero-order valence-electron chi connectivity index (χ0n) is 23.6. The zero-order chi connectivity index (χ0) is 28.7. The fourth-order valence-corrected chi connectivity index (χ4v) is 6.98. The second-order valence-electron chi connectivity index (χ2n) is 12.1. The molecule has 4 aromatic rings. The van der Waals surface area contributed by atoms with Crippen molar-refractivity contribution in [1.82, 2.24) is 24.8 Å². The van der Waals surface area contributed by atoms with Crippen molar-refractivity contribution in [2.45, 2.75) is 37.7 Å². The molecular weight excluding hydrogens is 550 g/mol. The maximum atomic E-state index is 13.2. The van der Waals surface area contributed by atoms with Gasteiger partial charge in [0, 0.05) is 60.6 Å². The second kappa shape index (κ2) is 10.9. The number of hydrogen-bond acceptors (Lipinski definition) is 7. The fraction of sp³-hybridized carbons (Fsp3) is 0.406. The molecular formula is C32H36ClN7O2. The first-order valence-electron chi connectivity index (χ1n) is 14.9. The van der Waals surface area contributed by atoms with Gasteiger partial charge in [0.05, 0.1) is 11.3 Å². The molecule has 3 fully saturated rings. The van der Waals surface area contributed by atoms with Crippen LogP contribution < -0.4 is 15.5 Å². The third kappa shape index (κ3) is 5.21. The van der Waals surface area contributed by atoms with Crippen LogP contribution in [0.2, 0.25) is 5.02 Å². The number of nitrogens with one attached hydrogen (secondary N) is 2. The van der Waals surface area contributed by atoms with Gasteiger partial charge in [-0.05, 0) is 92.7 Å². The topological polar surface area (TPSA) is 98.0 Å². The molecule has 0 radical (unpaired) electrons. The van der Waals surface area contributed by atoms with Gasteiger partial charge in [-0.1, -0.05) is 23.7 Å². The summed E-state index contributed by atoms with van der Waals surface area (Å²) in [4.78, 5) is 22.3. The van der Waals surface area contributed by atoms with E-state index in [1.807, 2.05) is 71.8 Å². The highest BCUT2D eigenvalue weighted by Gasteiger charge is 2.40. The first kappa shape index (κ1) is 27.2. The van der Waals surface area contributed by atoms with Crippen molar-refractivity contribution in [1.29, 1.82) is 0 Å². The Labute approximate surface area is 250 Å². The Morgan fingerprint density at radius 3 is 2.50 bits per heavy atom. The van der Waals surface area contributed by atoms with Crippen LogP contribution in [0.4, 0.5) is 17.3 Å². The molecule has 7 rings (SSSR count). The van der Waals surface area contributed by atoms with E-state index >= 15 is 0 Å². The molecule has 1 unspecified atom stereocenters. The Bertz CT molecular complexity index is 1570. The van der Waals surface area contributed by atoms with Crippen molar-refractivity contribution >= 4 is 40.5 Å². The number of aromatic nitrogens is 3. The van der Waals surface area contributed by atoms with Crippen LogP contribution >= 0.6 is 11.6 Å². The van der Waals surface area contributed by atoms with Gasteiger partial charge in [-0.2, -0.15) is 4.98 Å². The Morgan fingerprint density at radius 2 is 1.76 bits per heavy atom. The van der Waals surface area contributed by atoms with Crippen molar-refractivity contribution in [3.05, 3.63) is 83.0 Å². The molecule has 1 spiro atoms. The second-order valence-corrected chi connectivity index (χ2v) is 12.5. The standard InChI is InChI=1S/C32H36ClN7O2/c33-25-8-6-24(7-9-25)32(42)14-19-38(20-15-32)27-3-1-17-40-28(27)36-30(37-40)35-26-10-4-23(5-11-26)29(41)39-18-13-31(22-39)12-2-16-34-21-31/h1,3-11,17,34,42H,2,12-16,18-22H2,(H,35,37). The Hall–Kier alpha value is -3.66. The van der Waals surface area contributed by atoms with Crippen LogP contribution in [-0.2, 0) is 5.60 Å². The lowest BCUT2D eigenvalue weighted by molar-refractivity contribution is 0.0118. The van der Waals surface area contributed by atoms with Gasteiger partial charge < -0.3 is 25.5 Å². The normalized spacial score (nSPS) is 22.1. The number of amides is 1. The molecule has 2 aromatic heterocycles. The summed E-state index contributed by atoms with van der Waals surface area (Å²) in [7, 11) is 0. The van der Waals surface area contributed by atoms with Gasteiger partial charge in [0.1, 0.15) is 0 Å². The Kier molecular flexibility index (Phi) is 7.04. The summed E-state index contributed by atoms with van der Waals surface area (Å²) in [6, 6.07) is 19.1. The third-order valence-electron chi connectivity index (χ3n) is 9.33. The molecule has 0 bridgehead atoms. The summed E-state index contributed by atoms with van der Waals surface area (Å²) in [5.41, 5.74) is 3.54. The van der Waals surface area contributed by atoms with Gasteiger partial charge in [-0.15, -0.1) is 5.10 Å². The lowest BCUT2D eigenvalue weighted by atomic mass is 9.80. The quantitative estimate of drug-likeness (QED) is 0.309. The number of fused-ring (bicyclic) bond motifs is 1. The molecule has 3 aliphatic rings.